The van der Waals surface area contributed by atoms with E-state index in [0.717, 1.165) is 10.9 Å². The van der Waals surface area contributed by atoms with Gasteiger partial charge in [0.15, 0.2) is 0 Å². The largest absolute Gasteiger partial charge is 0.375 e. The van der Waals surface area contributed by atoms with Crippen LogP contribution in [0.1, 0.15) is 30.6 Å². The molecule has 1 amide bonds. The van der Waals surface area contributed by atoms with Crippen LogP contribution in [0.4, 0.5) is 0 Å². The number of rotatable bonds is 1. The van der Waals surface area contributed by atoms with E-state index < -0.39 is 0 Å². The standard InChI is InChI=1S/C16H20BrNO3/c1-11-9-18(10-16(21-11)7-8-20-12(16)2)15(19)13-5-3-4-6-14(13)17/h3-6,11-12H,7-10H2,1-2H3. The normalized spacial score (nSPS) is 32.6. The summed E-state index contributed by atoms with van der Waals surface area (Å²) in [5, 5.41) is 0. The van der Waals surface area contributed by atoms with Crippen LogP contribution in [0, 0.1) is 0 Å². The Labute approximate surface area is 133 Å². The van der Waals surface area contributed by atoms with Crippen LogP contribution in [-0.2, 0) is 9.47 Å². The van der Waals surface area contributed by atoms with E-state index >= 15 is 0 Å². The van der Waals surface area contributed by atoms with Crippen LogP contribution in [0.3, 0.4) is 0 Å². The molecule has 2 aliphatic rings. The van der Waals surface area contributed by atoms with Gasteiger partial charge in [0.25, 0.3) is 5.91 Å². The Kier molecular flexibility index (Phi) is 4.08. The van der Waals surface area contributed by atoms with Crippen molar-refractivity contribution in [2.45, 2.75) is 38.1 Å². The Hall–Kier alpha value is -0.910. The molecule has 2 heterocycles. The predicted molar refractivity (Wildman–Crippen MR) is 83.4 cm³/mol. The van der Waals surface area contributed by atoms with Gasteiger partial charge in [0, 0.05) is 24.0 Å². The Morgan fingerprint density at radius 1 is 1.38 bits per heavy atom. The molecule has 2 aliphatic heterocycles. The van der Waals surface area contributed by atoms with Crippen LogP contribution in [0.25, 0.3) is 0 Å². The number of morpholine rings is 1. The van der Waals surface area contributed by atoms with Crippen LogP contribution in [0.15, 0.2) is 28.7 Å². The minimum atomic E-state index is -0.353. The molecule has 3 atom stereocenters. The number of halogens is 1. The first-order valence-electron chi connectivity index (χ1n) is 7.35. The van der Waals surface area contributed by atoms with Crippen molar-refractivity contribution in [3.05, 3.63) is 34.3 Å². The molecule has 3 unspecified atom stereocenters. The second-order valence-corrected chi connectivity index (χ2v) is 6.78. The molecule has 0 saturated carbocycles. The van der Waals surface area contributed by atoms with E-state index in [9.17, 15) is 4.79 Å². The third-order valence-corrected chi connectivity index (χ3v) is 5.09. The highest BCUT2D eigenvalue weighted by Crippen LogP contribution is 2.35. The van der Waals surface area contributed by atoms with Crippen LogP contribution in [-0.4, -0.2) is 48.3 Å². The van der Waals surface area contributed by atoms with E-state index in [1.54, 1.807) is 0 Å². The fourth-order valence-electron chi connectivity index (χ4n) is 3.26. The Balaban J connectivity index is 1.85. The summed E-state index contributed by atoms with van der Waals surface area (Å²) < 4.78 is 12.7. The molecule has 1 aromatic carbocycles. The van der Waals surface area contributed by atoms with Gasteiger partial charge in [0.1, 0.15) is 5.60 Å². The maximum Gasteiger partial charge on any atom is 0.255 e. The van der Waals surface area contributed by atoms with Crippen LogP contribution < -0.4 is 0 Å². The van der Waals surface area contributed by atoms with Crippen molar-refractivity contribution in [2.24, 2.45) is 0 Å². The van der Waals surface area contributed by atoms with Crippen LogP contribution in [0.5, 0.6) is 0 Å². The number of carbonyl (C=O) groups is 1. The summed E-state index contributed by atoms with van der Waals surface area (Å²) in [6, 6.07) is 7.55. The van der Waals surface area contributed by atoms with Gasteiger partial charge >= 0.3 is 0 Å². The van der Waals surface area contributed by atoms with Crippen molar-refractivity contribution >= 4 is 21.8 Å². The molecule has 2 fully saturated rings. The quantitative estimate of drug-likeness (QED) is 0.779. The molecule has 0 aromatic heterocycles. The zero-order valence-electron chi connectivity index (χ0n) is 12.3. The fourth-order valence-corrected chi connectivity index (χ4v) is 3.71. The smallest absolute Gasteiger partial charge is 0.255 e. The van der Waals surface area contributed by atoms with Gasteiger partial charge in [-0.2, -0.15) is 0 Å². The van der Waals surface area contributed by atoms with Gasteiger partial charge in [-0.25, -0.2) is 0 Å². The summed E-state index contributed by atoms with van der Waals surface area (Å²) in [6.45, 7) is 5.97. The maximum absolute atomic E-state index is 12.8. The lowest BCUT2D eigenvalue weighted by atomic mass is 9.92. The molecule has 0 bridgehead atoms. The zero-order chi connectivity index (χ0) is 15.0. The number of nitrogens with zero attached hydrogens (tertiary/aromatic N) is 1. The molecule has 1 spiro atoms. The molecule has 0 radical (unpaired) electrons. The average molecular weight is 354 g/mol. The van der Waals surface area contributed by atoms with Gasteiger partial charge in [-0.1, -0.05) is 12.1 Å². The third kappa shape index (κ3) is 2.74. The molecule has 1 aromatic rings. The summed E-state index contributed by atoms with van der Waals surface area (Å²) in [5.74, 6) is 0.0519. The summed E-state index contributed by atoms with van der Waals surface area (Å²) >= 11 is 3.46. The van der Waals surface area contributed by atoms with Crippen LogP contribution in [0.2, 0.25) is 0 Å². The van der Waals surface area contributed by atoms with Crippen molar-refractivity contribution in [3.63, 3.8) is 0 Å². The van der Waals surface area contributed by atoms with Gasteiger partial charge in [0.2, 0.25) is 0 Å². The summed E-state index contributed by atoms with van der Waals surface area (Å²) in [5.41, 5.74) is 0.350. The van der Waals surface area contributed by atoms with E-state index in [1.165, 1.54) is 0 Å². The first kappa shape index (κ1) is 15.0. The lowest BCUT2D eigenvalue weighted by Gasteiger charge is -2.45. The molecule has 0 aliphatic carbocycles. The lowest BCUT2D eigenvalue weighted by molar-refractivity contribution is -0.160. The average Bonchev–Trinajstić information content (AvgIpc) is 2.78. The molecule has 2 saturated heterocycles. The van der Waals surface area contributed by atoms with E-state index in [0.29, 0.717) is 25.3 Å². The number of hydrogen-bond donors (Lipinski definition) is 0. The zero-order valence-corrected chi connectivity index (χ0v) is 13.9. The molecular formula is C16H20BrNO3. The number of ether oxygens (including phenoxy) is 2. The highest BCUT2D eigenvalue weighted by molar-refractivity contribution is 9.10. The molecule has 0 N–H and O–H groups in total. The topological polar surface area (TPSA) is 38.8 Å². The second-order valence-electron chi connectivity index (χ2n) is 5.92. The van der Waals surface area contributed by atoms with E-state index in [4.69, 9.17) is 9.47 Å². The molecule has 3 rings (SSSR count). The van der Waals surface area contributed by atoms with E-state index in [1.807, 2.05) is 43.0 Å². The lowest BCUT2D eigenvalue weighted by Crippen LogP contribution is -2.59. The third-order valence-electron chi connectivity index (χ3n) is 4.40. The van der Waals surface area contributed by atoms with Gasteiger partial charge < -0.3 is 14.4 Å². The van der Waals surface area contributed by atoms with Crippen LogP contribution >= 0.6 is 15.9 Å². The second kappa shape index (κ2) is 5.71. The van der Waals surface area contributed by atoms with Crippen molar-refractivity contribution in [3.8, 4) is 0 Å². The maximum atomic E-state index is 12.8. The number of benzene rings is 1. The summed E-state index contributed by atoms with van der Waals surface area (Å²) in [4.78, 5) is 14.7. The Morgan fingerprint density at radius 3 is 2.81 bits per heavy atom. The van der Waals surface area contributed by atoms with Gasteiger partial charge in [-0.05, 0) is 41.9 Å². The van der Waals surface area contributed by atoms with Gasteiger partial charge in [0.05, 0.1) is 24.3 Å². The number of amides is 1. The first-order chi connectivity index (χ1) is 10.0. The molecule has 4 nitrogen and oxygen atoms in total. The minimum absolute atomic E-state index is 0.0225. The predicted octanol–water partition coefficient (Wildman–Crippen LogP) is 2.86. The van der Waals surface area contributed by atoms with E-state index in [2.05, 4.69) is 15.9 Å². The number of hydrogen-bond acceptors (Lipinski definition) is 3. The molecular weight excluding hydrogens is 334 g/mol. The van der Waals surface area contributed by atoms with Crippen molar-refractivity contribution in [1.82, 2.24) is 4.90 Å². The Morgan fingerprint density at radius 2 is 2.14 bits per heavy atom. The Bertz CT molecular complexity index is 550. The molecule has 21 heavy (non-hydrogen) atoms. The van der Waals surface area contributed by atoms with Crippen molar-refractivity contribution in [2.75, 3.05) is 19.7 Å². The highest BCUT2D eigenvalue weighted by Gasteiger charge is 2.48. The van der Waals surface area contributed by atoms with Gasteiger partial charge in [-0.3, -0.25) is 4.79 Å². The first-order valence-corrected chi connectivity index (χ1v) is 8.14. The highest BCUT2D eigenvalue weighted by atomic mass is 79.9. The molecule has 114 valence electrons. The summed E-state index contributed by atoms with van der Waals surface area (Å²) in [7, 11) is 0. The summed E-state index contributed by atoms with van der Waals surface area (Å²) in [6.07, 6.45) is 0.891. The fraction of sp³-hybridized carbons (Fsp3) is 0.562. The monoisotopic (exact) mass is 353 g/mol. The van der Waals surface area contributed by atoms with E-state index in [-0.39, 0.29) is 23.7 Å². The molecule has 5 heteroatoms. The van der Waals surface area contributed by atoms with Crippen molar-refractivity contribution in [1.29, 1.82) is 0 Å². The number of carbonyl (C=O) groups excluding carboxylic acids is 1. The van der Waals surface area contributed by atoms with Gasteiger partial charge in [-0.15, -0.1) is 0 Å². The SMILES string of the molecule is CC1CN(C(=O)c2ccccc2Br)CC2(CCOC2C)O1. The van der Waals surface area contributed by atoms with Crippen molar-refractivity contribution < 1.29 is 14.3 Å². The minimum Gasteiger partial charge on any atom is -0.375 e.